The first-order chi connectivity index (χ1) is 9.11. The number of carbonyl (C=O) groups excluding carboxylic acids is 1. The largest absolute Gasteiger partial charge is 0.385 e. The number of benzene rings is 1. The van der Waals surface area contributed by atoms with E-state index in [1.165, 1.54) is 0 Å². The number of anilines is 1. The Morgan fingerprint density at radius 3 is 2.79 bits per heavy atom. The molecule has 1 aromatic heterocycles. The molecule has 2 aromatic rings. The highest BCUT2D eigenvalue weighted by atomic mass is 16.1. The summed E-state index contributed by atoms with van der Waals surface area (Å²) >= 11 is 0. The average molecular weight is 255 g/mol. The molecular weight excluding hydrogens is 242 g/mol. The molecule has 0 saturated carbocycles. The molecule has 6 nitrogen and oxygen atoms in total. The number of nitrogens with zero attached hydrogens (tertiary/aromatic N) is 1. The zero-order chi connectivity index (χ0) is 13.8. The molecule has 2 rings (SSSR count). The zero-order valence-corrected chi connectivity index (χ0v) is 10.1. The fourth-order valence-electron chi connectivity index (χ4n) is 1.66. The van der Waals surface area contributed by atoms with E-state index < -0.39 is 5.91 Å². The number of hydrogen-bond donors (Lipinski definition) is 4. The number of nitrogens with two attached hydrogens (primary N) is 2. The van der Waals surface area contributed by atoms with Crippen LogP contribution in [0.3, 0.4) is 0 Å². The van der Waals surface area contributed by atoms with Crippen LogP contribution < -0.4 is 16.8 Å². The molecule has 0 aliphatic rings. The van der Waals surface area contributed by atoms with E-state index in [1.807, 2.05) is 24.3 Å². The summed E-state index contributed by atoms with van der Waals surface area (Å²) in [5.41, 5.74) is 12.3. The number of nitrogens with one attached hydrogen (secondary N) is 2. The summed E-state index contributed by atoms with van der Waals surface area (Å²) in [7, 11) is 0. The lowest BCUT2D eigenvalue weighted by Crippen LogP contribution is -2.23. The molecule has 19 heavy (non-hydrogen) atoms. The van der Waals surface area contributed by atoms with E-state index in [1.54, 1.807) is 12.3 Å². The number of fused-ring (bicyclic) bond motifs is 1. The SMILES string of the molecule is N=C/C(C(N)=O)=C(\N)Nc1ccc2ncccc2c1. The highest BCUT2D eigenvalue weighted by Crippen LogP contribution is 2.17. The van der Waals surface area contributed by atoms with Gasteiger partial charge in [-0.1, -0.05) is 6.07 Å². The van der Waals surface area contributed by atoms with Crippen LogP contribution >= 0.6 is 0 Å². The molecule has 1 heterocycles. The maximum Gasteiger partial charge on any atom is 0.253 e. The topological polar surface area (TPSA) is 118 Å². The van der Waals surface area contributed by atoms with Crippen molar-refractivity contribution in [2.45, 2.75) is 0 Å². The van der Waals surface area contributed by atoms with Crippen LogP contribution in [0.4, 0.5) is 5.69 Å². The number of hydrogen-bond acceptors (Lipinski definition) is 5. The fraction of sp³-hybridized carbons (Fsp3) is 0. The van der Waals surface area contributed by atoms with Gasteiger partial charge in [0.05, 0.1) is 11.1 Å². The Kier molecular flexibility index (Phi) is 3.42. The van der Waals surface area contributed by atoms with Gasteiger partial charge in [-0.25, -0.2) is 0 Å². The van der Waals surface area contributed by atoms with Crippen LogP contribution in [0.15, 0.2) is 47.9 Å². The quantitative estimate of drug-likeness (QED) is 0.480. The van der Waals surface area contributed by atoms with Gasteiger partial charge in [-0.05, 0) is 24.3 Å². The van der Waals surface area contributed by atoms with Crippen LogP contribution in [0.25, 0.3) is 10.9 Å². The Hall–Kier alpha value is -2.89. The third-order valence-corrected chi connectivity index (χ3v) is 2.58. The van der Waals surface area contributed by atoms with Crippen LogP contribution in [0.5, 0.6) is 0 Å². The van der Waals surface area contributed by atoms with E-state index in [4.69, 9.17) is 16.9 Å². The van der Waals surface area contributed by atoms with Gasteiger partial charge in [0.25, 0.3) is 5.91 Å². The number of rotatable bonds is 4. The van der Waals surface area contributed by atoms with E-state index in [9.17, 15) is 4.79 Å². The zero-order valence-electron chi connectivity index (χ0n) is 10.1. The van der Waals surface area contributed by atoms with E-state index >= 15 is 0 Å². The minimum atomic E-state index is -0.748. The maximum absolute atomic E-state index is 11.1. The smallest absolute Gasteiger partial charge is 0.253 e. The van der Waals surface area contributed by atoms with Gasteiger partial charge in [0.2, 0.25) is 0 Å². The lowest BCUT2D eigenvalue weighted by molar-refractivity contribution is -0.114. The van der Waals surface area contributed by atoms with Crippen molar-refractivity contribution in [3.8, 4) is 0 Å². The number of pyridine rings is 1. The van der Waals surface area contributed by atoms with E-state index in [2.05, 4.69) is 10.3 Å². The Balaban J connectivity index is 2.36. The van der Waals surface area contributed by atoms with E-state index in [-0.39, 0.29) is 11.4 Å². The van der Waals surface area contributed by atoms with Crippen LogP contribution in [-0.4, -0.2) is 17.1 Å². The van der Waals surface area contributed by atoms with Crippen molar-refractivity contribution in [3.63, 3.8) is 0 Å². The summed E-state index contributed by atoms with van der Waals surface area (Å²) in [5.74, 6) is -0.701. The second-order valence-corrected chi connectivity index (χ2v) is 3.87. The molecule has 0 saturated heterocycles. The third kappa shape index (κ3) is 2.68. The first-order valence-electron chi connectivity index (χ1n) is 5.53. The van der Waals surface area contributed by atoms with E-state index in [0.29, 0.717) is 5.69 Å². The summed E-state index contributed by atoms with van der Waals surface area (Å²) in [5, 5.41) is 10.9. The standard InChI is InChI=1S/C13H13N5O/c14-7-10(13(16)19)12(15)18-9-3-4-11-8(6-9)2-1-5-17-11/h1-7,14,18H,15H2,(H2,16,19)/b12-10-,14-7?. The highest BCUT2D eigenvalue weighted by Gasteiger charge is 2.07. The summed E-state index contributed by atoms with van der Waals surface area (Å²) in [6.45, 7) is 0. The highest BCUT2D eigenvalue weighted by molar-refractivity contribution is 6.11. The molecule has 6 heteroatoms. The summed E-state index contributed by atoms with van der Waals surface area (Å²) in [6.07, 6.45) is 2.54. The van der Waals surface area contributed by atoms with Gasteiger partial charge < -0.3 is 22.2 Å². The van der Waals surface area contributed by atoms with Gasteiger partial charge in [-0.3, -0.25) is 9.78 Å². The molecule has 0 atom stereocenters. The molecular formula is C13H13N5O. The van der Waals surface area contributed by atoms with Crippen molar-refractivity contribution in [1.82, 2.24) is 4.98 Å². The molecule has 0 radical (unpaired) electrons. The number of aromatic nitrogens is 1. The molecule has 1 aromatic carbocycles. The van der Waals surface area contributed by atoms with Crippen molar-refractivity contribution >= 4 is 28.7 Å². The maximum atomic E-state index is 11.1. The number of carbonyl (C=O) groups is 1. The first kappa shape index (κ1) is 12.6. The van der Waals surface area contributed by atoms with Gasteiger partial charge in [0, 0.05) is 23.5 Å². The molecule has 96 valence electrons. The molecule has 1 amide bonds. The minimum absolute atomic E-state index is 0.0470. The molecule has 0 aliphatic carbocycles. The van der Waals surface area contributed by atoms with Gasteiger partial charge in [-0.15, -0.1) is 0 Å². The van der Waals surface area contributed by atoms with Crippen LogP contribution in [0.2, 0.25) is 0 Å². The predicted molar refractivity (Wildman–Crippen MR) is 74.6 cm³/mol. The second kappa shape index (κ2) is 5.18. The van der Waals surface area contributed by atoms with Gasteiger partial charge >= 0.3 is 0 Å². The normalized spacial score (nSPS) is 11.8. The van der Waals surface area contributed by atoms with Crippen LogP contribution in [-0.2, 0) is 4.79 Å². The Bertz CT molecular complexity index is 678. The summed E-state index contributed by atoms with van der Waals surface area (Å²) in [6, 6.07) is 9.21. The number of primary amides is 1. The average Bonchev–Trinajstić information content (AvgIpc) is 2.39. The predicted octanol–water partition coefficient (Wildman–Crippen LogP) is 0.952. The third-order valence-electron chi connectivity index (χ3n) is 2.58. The molecule has 6 N–H and O–H groups in total. The summed E-state index contributed by atoms with van der Waals surface area (Å²) in [4.78, 5) is 15.3. The Morgan fingerprint density at radius 2 is 2.11 bits per heavy atom. The molecule has 0 fully saturated rings. The van der Waals surface area contributed by atoms with Gasteiger partial charge in [-0.2, -0.15) is 0 Å². The van der Waals surface area contributed by atoms with Crippen LogP contribution in [0, 0.1) is 5.41 Å². The molecule has 0 bridgehead atoms. The van der Waals surface area contributed by atoms with Crippen molar-refractivity contribution in [2.75, 3.05) is 5.32 Å². The van der Waals surface area contributed by atoms with Crippen molar-refractivity contribution < 1.29 is 4.79 Å². The first-order valence-corrected chi connectivity index (χ1v) is 5.53. The lowest BCUT2D eigenvalue weighted by atomic mass is 10.2. The second-order valence-electron chi connectivity index (χ2n) is 3.87. The van der Waals surface area contributed by atoms with Gasteiger partial charge in [0.1, 0.15) is 5.82 Å². The van der Waals surface area contributed by atoms with Crippen molar-refractivity contribution in [2.24, 2.45) is 11.5 Å². The van der Waals surface area contributed by atoms with Crippen LogP contribution in [0.1, 0.15) is 0 Å². The van der Waals surface area contributed by atoms with E-state index in [0.717, 1.165) is 17.1 Å². The van der Waals surface area contributed by atoms with Crippen molar-refractivity contribution in [3.05, 3.63) is 47.9 Å². The van der Waals surface area contributed by atoms with Crippen molar-refractivity contribution in [1.29, 1.82) is 5.41 Å². The fourth-order valence-corrected chi connectivity index (χ4v) is 1.66. The molecule has 0 aliphatic heterocycles. The minimum Gasteiger partial charge on any atom is -0.385 e. The molecule has 0 spiro atoms. The summed E-state index contributed by atoms with van der Waals surface area (Å²) < 4.78 is 0. The Morgan fingerprint density at radius 1 is 1.32 bits per heavy atom. The molecule has 0 unspecified atom stereocenters. The monoisotopic (exact) mass is 255 g/mol. The Labute approximate surface area is 109 Å². The number of amides is 1. The lowest BCUT2D eigenvalue weighted by Gasteiger charge is -2.09. The van der Waals surface area contributed by atoms with Gasteiger partial charge in [0.15, 0.2) is 0 Å².